The summed E-state index contributed by atoms with van der Waals surface area (Å²) >= 11 is 0.671. The number of thiazole rings is 1. The number of hydrogen-bond acceptors (Lipinski definition) is 6. The van der Waals surface area contributed by atoms with Crippen LogP contribution in [0.5, 0.6) is 5.75 Å². The van der Waals surface area contributed by atoms with E-state index in [2.05, 4.69) is 0 Å². The fourth-order valence-electron chi connectivity index (χ4n) is 3.10. The van der Waals surface area contributed by atoms with Crippen molar-refractivity contribution in [3.05, 3.63) is 40.3 Å². The topological polar surface area (TPSA) is 74.7 Å². The minimum absolute atomic E-state index is 0.205. The zero-order valence-corrected chi connectivity index (χ0v) is 18.8. The third-order valence-corrected chi connectivity index (χ3v) is 6.75. The van der Waals surface area contributed by atoms with Crippen LogP contribution in [-0.2, 0) is 22.5 Å². The summed E-state index contributed by atoms with van der Waals surface area (Å²) in [5.41, 5.74) is 0.909. The highest BCUT2D eigenvalue weighted by atomic mass is 32.2. The van der Waals surface area contributed by atoms with Crippen molar-refractivity contribution in [2.75, 3.05) is 26.0 Å². The monoisotopic (exact) mass is 436 g/mol. The first-order valence-electron chi connectivity index (χ1n) is 9.84. The van der Waals surface area contributed by atoms with E-state index >= 15 is 0 Å². The highest BCUT2D eigenvalue weighted by Crippen LogP contribution is 2.31. The Balaban J connectivity index is 1.46. The Morgan fingerprint density at radius 3 is 2.62 bits per heavy atom. The Labute approximate surface area is 179 Å². The van der Waals surface area contributed by atoms with Crippen molar-refractivity contribution in [2.24, 2.45) is 5.92 Å². The molecule has 3 rings (SSSR count). The molecule has 29 heavy (non-hydrogen) atoms. The van der Waals surface area contributed by atoms with Crippen molar-refractivity contribution in [3.8, 4) is 5.75 Å². The minimum Gasteiger partial charge on any atom is -0.612 e. The Morgan fingerprint density at radius 2 is 2.00 bits per heavy atom. The van der Waals surface area contributed by atoms with Crippen LogP contribution in [0.2, 0.25) is 0 Å². The van der Waals surface area contributed by atoms with Crippen LogP contribution in [0.4, 0.5) is 4.79 Å². The first kappa shape index (κ1) is 21.9. The number of nitrogens with zero attached hydrogens (tertiary/aromatic N) is 2. The summed E-state index contributed by atoms with van der Waals surface area (Å²) in [4.78, 5) is 19.4. The molecule has 1 fully saturated rings. The van der Waals surface area contributed by atoms with Gasteiger partial charge in [-0.2, -0.15) is 0 Å². The molecule has 158 valence electrons. The standard InChI is InChI=1S/C21H28N2O4S2/c1-15(2)12-27-21(24)23-10-8-16(9-11-23)20-22-17(14-28-20)13-26-18-4-6-19(7-5-18)29(3)25/h4-7,14-16H,8-13H2,1-3H3. The van der Waals surface area contributed by atoms with E-state index in [0.29, 0.717) is 38.1 Å². The molecular formula is C21H28N2O4S2. The second-order valence-electron chi connectivity index (χ2n) is 7.62. The molecule has 1 atom stereocenters. The third-order valence-electron chi connectivity index (χ3n) is 4.75. The molecule has 1 saturated heterocycles. The molecular weight excluding hydrogens is 408 g/mol. The Hall–Kier alpha value is -1.77. The second kappa shape index (κ2) is 10.3. The average Bonchev–Trinajstić information content (AvgIpc) is 3.20. The molecule has 0 spiro atoms. The second-order valence-corrected chi connectivity index (χ2v) is 9.89. The van der Waals surface area contributed by atoms with Crippen LogP contribution in [0.3, 0.4) is 0 Å². The first-order valence-corrected chi connectivity index (χ1v) is 12.3. The fourth-order valence-corrected chi connectivity index (χ4v) is 4.59. The van der Waals surface area contributed by atoms with Gasteiger partial charge in [0.1, 0.15) is 18.6 Å². The summed E-state index contributed by atoms with van der Waals surface area (Å²) in [7, 11) is 0. The quantitative estimate of drug-likeness (QED) is 0.600. The molecule has 1 aliphatic heterocycles. The molecule has 0 radical (unpaired) electrons. The highest BCUT2D eigenvalue weighted by Gasteiger charge is 2.26. The van der Waals surface area contributed by atoms with Crippen molar-refractivity contribution < 1.29 is 18.8 Å². The van der Waals surface area contributed by atoms with E-state index < -0.39 is 11.2 Å². The Kier molecular flexibility index (Phi) is 7.80. The smallest absolute Gasteiger partial charge is 0.409 e. The first-order chi connectivity index (χ1) is 13.9. The molecule has 0 N–H and O–H groups in total. The van der Waals surface area contributed by atoms with Crippen molar-refractivity contribution in [1.29, 1.82) is 0 Å². The number of rotatable bonds is 7. The molecule has 1 aromatic heterocycles. The zero-order valence-electron chi connectivity index (χ0n) is 17.1. The van der Waals surface area contributed by atoms with E-state index in [4.69, 9.17) is 14.5 Å². The lowest BCUT2D eigenvalue weighted by Gasteiger charge is -2.30. The summed E-state index contributed by atoms with van der Waals surface area (Å²) in [6.07, 6.45) is 3.26. The largest absolute Gasteiger partial charge is 0.612 e. The molecule has 2 aromatic rings. The van der Waals surface area contributed by atoms with Gasteiger partial charge in [0.25, 0.3) is 0 Å². The van der Waals surface area contributed by atoms with Gasteiger partial charge in [0.2, 0.25) is 0 Å². The summed E-state index contributed by atoms with van der Waals surface area (Å²) in [5, 5.41) is 3.14. The van der Waals surface area contributed by atoms with Crippen LogP contribution in [0.15, 0.2) is 34.5 Å². The van der Waals surface area contributed by atoms with Gasteiger partial charge in [0.15, 0.2) is 4.90 Å². The molecule has 0 bridgehead atoms. The summed E-state index contributed by atoms with van der Waals surface area (Å²) < 4.78 is 22.6. The molecule has 1 amide bonds. The number of carbonyl (C=O) groups excluding carboxylic acids is 1. The number of aromatic nitrogens is 1. The number of hydrogen-bond donors (Lipinski definition) is 0. The Bertz CT molecular complexity index is 784. The zero-order chi connectivity index (χ0) is 20.8. The van der Waals surface area contributed by atoms with E-state index in [1.807, 2.05) is 43.5 Å². The van der Waals surface area contributed by atoms with E-state index in [9.17, 15) is 9.35 Å². The van der Waals surface area contributed by atoms with Crippen LogP contribution >= 0.6 is 11.3 Å². The van der Waals surface area contributed by atoms with Crippen LogP contribution in [0, 0.1) is 5.92 Å². The molecule has 1 aromatic carbocycles. The molecule has 1 unspecified atom stereocenters. The normalized spacial score (nSPS) is 16.1. The van der Waals surface area contributed by atoms with Crippen molar-refractivity contribution in [3.63, 3.8) is 0 Å². The number of likely N-dealkylation sites (tertiary alicyclic amines) is 1. The summed E-state index contributed by atoms with van der Waals surface area (Å²) in [6.45, 7) is 6.35. The minimum atomic E-state index is -0.985. The van der Waals surface area contributed by atoms with Gasteiger partial charge >= 0.3 is 6.09 Å². The number of benzene rings is 1. The number of piperidine rings is 1. The van der Waals surface area contributed by atoms with Crippen LogP contribution in [0.25, 0.3) is 0 Å². The van der Waals surface area contributed by atoms with Gasteiger partial charge in [0, 0.05) is 24.4 Å². The Morgan fingerprint density at radius 1 is 1.31 bits per heavy atom. The lowest BCUT2D eigenvalue weighted by atomic mass is 9.98. The SMILES string of the molecule is CC(C)COC(=O)N1CCC(c2nc(COc3ccc([S+](C)[O-])cc3)cs2)CC1. The van der Waals surface area contributed by atoms with Crippen LogP contribution in [0.1, 0.15) is 43.3 Å². The summed E-state index contributed by atoms with van der Waals surface area (Å²) in [5.74, 6) is 1.46. The van der Waals surface area contributed by atoms with Gasteiger partial charge in [-0.05, 0) is 54.2 Å². The summed E-state index contributed by atoms with van der Waals surface area (Å²) in [6, 6.07) is 7.30. The van der Waals surface area contributed by atoms with Gasteiger partial charge in [-0.15, -0.1) is 11.3 Å². The number of ether oxygens (including phenoxy) is 2. The molecule has 2 heterocycles. The predicted molar refractivity (Wildman–Crippen MR) is 115 cm³/mol. The number of amides is 1. The fraction of sp³-hybridized carbons (Fsp3) is 0.524. The number of carbonyl (C=O) groups is 1. The molecule has 8 heteroatoms. The maximum absolute atomic E-state index is 12.1. The van der Waals surface area contributed by atoms with E-state index in [0.717, 1.165) is 34.2 Å². The lowest BCUT2D eigenvalue weighted by molar-refractivity contribution is 0.0834. The lowest BCUT2D eigenvalue weighted by Crippen LogP contribution is -2.38. The van der Waals surface area contributed by atoms with Gasteiger partial charge in [0.05, 0.1) is 17.3 Å². The van der Waals surface area contributed by atoms with Gasteiger partial charge in [-0.1, -0.05) is 13.8 Å². The molecule has 1 aliphatic rings. The van der Waals surface area contributed by atoms with E-state index in [1.165, 1.54) is 0 Å². The maximum atomic E-state index is 12.1. The van der Waals surface area contributed by atoms with Crippen molar-refractivity contribution in [1.82, 2.24) is 9.88 Å². The van der Waals surface area contributed by atoms with Crippen molar-refractivity contribution >= 4 is 28.6 Å². The van der Waals surface area contributed by atoms with Crippen molar-refractivity contribution in [2.45, 2.75) is 44.1 Å². The highest BCUT2D eigenvalue weighted by molar-refractivity contribution is 7.90. The van der Waals surface area contributed by atoms with Gasteiger partial charge in [-0.3, -0.25) is 0 Å². The predicted octanol–water partition coefficient (Wildman–Crippen LogP) is 4.43. The average molecular weight is 437 g/mol. The third kappa shape index (κ3) is 6.35. The van der Waals surface area contributed by atoms with E-state index in [-0.39, 0.29) is 6.09 Å². The van der Waals surface area contributed by atoms with E-state index in [1.54, 1.807) is 22.5 Å². The maximum Gasteiger partial charge on any atom is 0.409 e. The molecule has 0 saturated carbocycles. The van der Waals surface area contributed by atoms with Gasteiger partial charge < -0.3 is 18.9 Å². The molecule has 6 nitrogen and oxygen atoms in total. The van der Waals surface area contributed by atoms with Crippen LogP contribution < -0.4 is 4.74 Å². The van der Waals surface area contributed by atoms with Gasteiger partial charge in [-0.25, -0.2) is 9.78 Å². The molecule has 0 aliphatic carbocycles. The van der Waals surface area contributed by atoms with Crippen LogP contribution in [-0.4, -0.2) is 46.5 Å².